The smallest absolute Gasteiger partial charge is 0.412 e. The van der Waals surface area contributed by atoms with E-state index in [1.807, 2.05) is 99.6 Å². The van der Waals surface area contributed by atoms with Gasteiger partial charge in [-0.25, -0.2) is 4.79 Å². The molecule has 0 unspecified atom stereocenters. The number of nitrogens with one attached hydrogen (secondary N) is 1. The summed E-state index contributed by atoms with van der Waals surface area (Å²) in [6.45, 7) is 6.04. The molecule has 6 nitrogen and oxygen atoms in total. The maximum Gasteiger partial charge on any atom is 0.412 e. The molecule has 4 rings (SSSR count). The molecule has 7 heteroatoms. The Kier molecular flexibility index (Phi) is 9.15. The minimum Gasteiger partial charge on any atom is -0.481 e. The van der Waals surface area contributed by atoms with Crippen LogP contribution in [0.15, 0.2) is 78.9 Å². The number of hydrogen-bond acceptors (Lipinski definition) is 5. The van der Waals surface area contributed by atoms with Gasteiger partial charge in [0.25, 0.3) is 0 Å². The van der Waals surface area contributed by atoms with Gasteiger partial charge in [-0.05, 0) is 46.3 Å². The fraction of sp³-hybridized carbons (Fsp3) is 0.179. The highest BCUT2D eigenvalue weighted by Gasteiger charge is 2.16. The first-order chi connectivity index (χ1) is 17.0. The number of nitrogens with zero attached hydrogens (tertiary/aromatic N) is 1. The molecule has 0 aliphatic rings. The molecule has 0 radical (unpaired) electrons. The average Bonchev–Trinajstić information content (AvgIpc) is 3.24. The number of ether oxygens (including phenoxy) is 1. The molecule has 0 spiro atoms. The SMILES string of the molecule is CC.Cc1nsc(-c2ccc(-c3ccc(CC(=O)O)cc3)cc2)c1NC(=O)OCc1ccccc1. The van der Waals surface area contributed by atoms with Crippen molar-refractivity contribution < 1.29 is 19.4 Å². The van der Waals surface area contributed by atoms with Crippen molar-refractivity contribution in [1.82, 2.24) is 4.37 Å². The maximum absolute atomic E-state index is 12.4. The molecule has 0 saturated heterocycles. The molecule has 1 aromatic heterocycles. The molecule has 35 heavy (non-hydrogen) atoms. The number of rotatable bonds is 7. The monoisotopic (exact) mass is 488 g/mol. The van der Waals surface area contributed by atoms with E-state index in [2.05, 4.69) is 9.69 Å². The Labute approximate surface area is 209 Å². The van der Waals surface area contributed by atoms with E-state index in [0.29, 0.717) is 5.69 Å². The highest BCUT2D eigenvalue weighted by atomic mass is 32.1. The molecular formula is C28H28N2O4S. The third-order valence-electron chi connectivity index (χ3n) is 5.09. The van der Waals surface area contributed by atoms with E-state index in [9.17, 15) is 9.59 Å². The number of benzene rings is 3. The maximum atomic E-state index is 12.4. The van der Waals surface area contributed by atoms with Crippen LogP contribution < -0.4 is 5.32 Å². The molecule has 180 valence electrons. The summed E-state index contributed by atoms with van der Waals surface area (Å²) in [4.78, 5) is 24.1. The number of carbonyl (C=O) groups excluding carboxylic acids is 1. The van der Waals surface area contributed by atoms with Gasteiger partial charge >= 0.3 is 12.1 Å². The summed E-state index contributed by atoms with van der Waals surface area (Å²) in [6, 6.07) is 24.9. The second-order valence-corrected chi connectivity index (χ2v) is 8.28. The van der Waals surface area contributed by atoms with Crippen LogP contribution in [0.2, 0.25) is 0 Å². The molecule has 0 bridgehead atoms. The van der Waals surface area contributed by atoms with Gasteiger partial charge in [0.1, 0.15) is 6.61 Å². The fourth-order valence-corrected chi connectivity index (χ4v) is 4.23. The zero-order valence-corrected chi connectivity index (χ0v) is 20.8. The summed E-state index contributed by atoms with van der Waals surface area (Å²) in [5.74, 6) is -0.847. The van der Waals surface area contributed by atoms with Crippen LogP contribution in [0.25, 0.3) is 21.6 Å². The summed E-state index contributed by atoms with van der Waals surface area (Å²) in [5.41, 5.74) is 5.99. The molecule has 1 amide bonds. The van der Waals surface area contributed by atoms with Crippen LogP contribution in [0.4, 0.5) is 10.5 Å². The van der Waals surface area contributed by atoms with E-state index < -0.39 is 12.1 Å². The number of anilines is 1. The lowest BCUT2D eigenvalue weighted by molar-refractivity contribution is -0.136. The lowest BCUT2D eigenvalue weighted by atomic mass is 10.0. The number of aliphatic carboxylic acids is 1. The van der Waals surface area contributed by atoms with E-state index >= 15 is 0 Å². The van der Waals surface area contributed by atoms with Gasteiger partial charge < -0.3 is 9.84 Å². The van der Waals surface area contributed by atoms with E-state index in [0.717, 1.165) is 38.4 Å². The van der Waals surface area contributed by atoms with Crippen LogP contribution in [-0.2, 0) is 22.6 Å². The van der Waals surface area contributed by atoms with Crippen molar-refractivity contribution >= 4 is 29.3 Å². The van der Waals surface area contributed by atoms with E-state index in [1.165, 1.54) is 11.5 Å². The van der Waals surface area contributed by atoms with Crippen molar-refractivity contribution in [2.45, 2.75) is 33.8 Å². The third-order valence-corrected chi connectivity index (χ3v) is 6.08. The van der Waals surface area contributed by atoms with E-state index in [-0.39, 0.29) is 13.0 Å². The third kappa shape index (κ3) is 7.01. The second kappa shape index (κ2) is 12.5. The summed E-state index contributed by atoms with van der Waals surface area (Å²) in [7, 11) is 0. The summed E-state index contributed by atoms with van der Waals surface area (Å²) < 4.78 is 9.75. The molecule has 0 aliphatic heterocycles. The van der Waals surface area contributed by atoms with Crippen LogP contribution in [0, 0.1) is 6.92 Å². The van der Waals surface area contributed by atoms with Gasteiger partial charge in [-0.15, -0.1) is 0 Å². The molecule has 0 saturated carbocycles. The van der Waals surface area contributed by atoms with Gasteiger partial charge in [0.2, 0.25) is 0 Å². The number of aryl methyl sites for hydroxylation is 1. The number of hydrogen-bond donors (Lipinski definition) is 2. The van der Waals surface area contributed by atoms with Crippen molar-refractivity contribution in [2.75, 3.05) is 5.32 Å². The number of carboxylic acids is 1. The van der Waals surface area contributed by atoms with Crippen LogP contribution >= 0.6 is 11.5 Å². The normalized spacial score (nSPS) is 10.1. The van der Waals surface area contributed by atoms with Crippen LogP contribution in [0.1, 0.15) is 30.7 Å². The molecule has 4 aromatic rings. The molecular weight excluding hydrogens is 460 g/mol. The van der Waals surface area contributed by atoms with Crippen molar-refractivity contribution in [3.63, 3.8) is 0 Å². The van der Waals surface area contributed by atoms with Gasteiger partial charge in [0.15, 0.2) is 0 Å². The topological polar surface area (TPSA) is 88.5 Å². The Morgan fingerprint density at radius 2 is 1.43 bits per heavy atom. The molecule has 0 fully saturated rings. The van der Waals surface area contributed by atoms with Crippen molar-refractivity contribution in [3.8, 4) is 21.6 Å². The quantitative estimate of drug-likeness (QED) is 0.287. The number of aromatic nitrogens is 1. The number of carboxylic acid groups (broad SMARTS) is 1. The van der Waals surface area contributed by atoms with Gasteiger partial charge in [-0.1, -0.05) is 92.7 Å². The highest BCUT2D eigenvalue weighted by Crippen LogP contribution is 2.36. The summed E-state index contributed by atoms with van der Waals surface area (Å²) in [5, 5.41) is 11.7. The Hall–Kier alpha value is -3.97. The minimum atomic E-state index is -0.847. The Morgan fingerprint density at radius 1 is 0.857 bits per heavy atom. The fourth-order valence-electron chi connectivity index (χ4n) is 3.38. The number of carbonyl (C=O) groups is 2. The summed E-state index contributed by atoms with van der Waals surface area (Å²) in [6.07, 6.45) is -0.519. The van der Waals surface area contributed by atoms with Crippen LogP contribution in [-0.4, -0.2) is 21.5 Å². The lowest BCUT2D eigenvalue weighted by Gasteiger charge is -2.09. The Morgan fingerprint density at radius 3 is 2.03 bits per heavy atom. The molecule has 0 aliphatic carbocycles. The van der Waals surface area contributed by atoms with Gasteiger partial charge in [0.05, 0.1) is 22.7 Å². The second-order valence-electron chi connectivity index (χ2n) is 7.50. The summed E-state index contributed by atoms with van der Waals surface area (Å²) >= 11 is 1.32. The average molecular weight is 489 g/mol. The minimum absolute atomic E-state index is 0.00745. The van der Waals surface area contributed by atoms with Gasteiger partial charge in [-0.3, -0.25) is 10.1 Å². The molecule has 2 N–H and O–H groups in total. The van der Waals surface area contributed by atoms with Crippen molar-refractivity contribution in [1.29, 1.82) is 0 Å². The van der Waals surface area contributed by atoms with Crippen molar-refractivity contribution in [2.24, 2.45) is 0 Å². The predicted molar refractivity (Wildman–Crippen MR) is 141 cm³/mol. The standard InChI is InChI=1S/C26H22N2O4S.C2H6/c1-17-24(27-26(31)32-16-19-5-3-2-4-6-19)25(33-28-17)22-13-11-21(12-14-22)20-9-7-18(8-10-20)15-23(29)30;1-2/h2-14H,15-16H2,1H3,(H,27,31)(H,29,30);1-2H3. The largest absolute Gasteiger partial charge is 0.481 e. The predicted octanol–water partition coefficient (Wildman–Crippen LogP) is 7.19. The van der Waals surface area contributed by atoms with E-state index in [1.54, 1.807) is 0 Å². The first-order valence-corrected chi connectivity index (χ1v) is 12.1. The Balaban J connectivity index is 0.00000167. The molecule has 3 aromatic carbocycles. The van der Waals surface area contributed by atoms with E-state index in [4.69, 9.17) is 9.84 Å². The zero-order valence-electron chi connectivity index (χ0n) is 19.9. The lowest BCUT2D eigenvalue weighted by Crippen LogP contribution is -2.14. The van der Waals surface area contributed by atoms with Gasteiger partial charge in [0, 0.05) is 0 Å². The first-order valence-electron chi connectivity index (χ1n) is 11.3. The van der Waals surface area contributed by atoms with Crippen LogP contribution in [0.5, 0.6) is 0 Å². The zero-order chi connectivity index (χ0) is 25.2. The van der Waals surface area contributed by atoms with Gasteiger partial charge in [-0.2, -0.15) is 4.37 Å². The highest BCUT2D eigenvalue weighted by molar-refractivity contribution is 7.10. The Bertz CT molecular complexity index is 1250. The molecule has 1 heterocycles. The first kappa shape index (κ1) is 25.6. The molecule has 0 atom stereocenters. The van der Waals surface area contributed by atoms with Crippen LogP contribution in [0.3, 0.4) is 0 Å². The van der Waals surface area contributed by atoms with Crippen molar-refractivity contribution in [3.05, 3.63) is 95.7 Å². The number of amides is 1.